The van der Waals surface area contributed by atoms with E-state index in [0.717, 1.165) is 30.0 Å². The SMILES string of the molecule is CCOC(=O)Cc1csc(NC(=O)CSc2nnc(-c3ccc(OC4CCCC4)cc3)n2C)n1. The van der Waals surface area contributed by atoms with Gasteiger partial charge >= 0.3 is 5.97 Å². The standard InChI is InChI=1S/C23H27N5O4S2/c1-3-31-20(30)12-16-13-33-22(24-16)25-19(29)14-34-23-27-26-21(28(23)2)15-8-10-18(11-9-15)32-17-6-4-5-7-17/h8-11,13,17H,3-7,12,14H2,1-2H3,(H,24,25,29). The first-order chi connectivity index (χ1) is 16.5. The molecular weight excluding hydrogens is 474 g/mol. The smallest absolute Gasteiger partial charge is 0.311 e. The Morgan fingerprint density at radius 2 is 1.97 bits per heavy atom. The Morgan fingerprint density at radius 1 is 1.21 bits per heavy atom. The third-order valence-electron chi connectivity index (χ3n) is 5.31. The van der Waals surface area contributed by atoms with Crippen LogP contribution in [0.2, 0.25) is 0 Å². The van der Waals surface area contributed by atoms with Crippen molar-refractivity contribution in [1.29, 1.82) is 0 Å². The molecule has 4 rings (SSSR count). The van der Waals surface area contributed by atoms with Gasteiger partial charge in [0.1, 0.15) is 5.75 Å². The van der Waals surface area contributed by atoms with Gasteiger partial charge in [0, 0.05) is 18.0 Å². The van der Waals surface area contributed by atoms with Crippen molar-refractivity contribution in [3.63, 3.8) is 0 Å². The molecule has 1 aliphatic carbocycles. The second kappa shape index (κ2) is 11.5. The van der Waals surface area contributed by atoms with Crippen LogP contribution in [0.25, 0.3) is 11.4 Å². The minimum atomic E-state index is -0.338. The zero-order valence-electron chi connectivity index (χ0n) is 19.2. The van der Waals surface area contributed by atoms with E-state index in [-0.39, 0.29) is 24.1 Å². The summed E-state index contributed by atoms with van der Waals surface area (Å²) >= 11 is 2.57. The van der Waals surface area contributed by atoms with E-state index in [4.69, 9.17) is 9.47 Å². The zero-order chi connectivity index (χ0) is 23.9. The van der Waals surface area contributed by atoms with E-state index in [1.165, 1.54) is 35.9 Å². The van der Waals surface area contributed by atoms with Gasteiger partial charge in [0.15, 0.2) is 16.1 Å². The van der Waals surface area contributed by atoms with Crippen molar-refractivity contribution in [2.45, 2.75) is 50.3 Å². The Morgan fingerprint density at radius 3 is 2.71 bits per heavy atom. The number of amides is 1. The quantitative estimate of drug-likeness (QED) is 0.327. The second-order valence-electron chi connectivity index (χ2n) is 7.88. The number of carbonyl (C=O) groups is 2. The highest BCUT2D eigenvalue weighted by atomic mass is 32.2. The molecule has 0 unspecified atom stereocenters. The second-order valence-corrected chi connectivity index (χ2v) is 9.68. The number of esters is 1. The van der Waals surface area contributed by atoms with E-state index in [0.29, 0.717) is 28.7 Å². The van der Waals surface area contributed by atoms with Crippen molar-refractivity contribution in [1.82, 2.24) is 19.7 Å². The molecule has 1 fully saturated rings. The van der Waals surface area contributed by atoms with Gasteiger partial charge in [-0.05, 0) is 56.9 Å². The number of aromatic nitrogens is 4. The first kappa shape index (κ1) is 24.2. The van der Waals surface area contributed by atoms with Crippen molar-refractivity contribution in [2.75, 3.05) is 17.7 Å². The number of anilines is 1. The molecule has 11 heteroatoms. The summed E-state index contributed by atoms with van der Waals surface area (Å²) in [6.07, 6.45) is 5.13. The predicted molar refractivity (Wildman–Crippen MR) is 131 cm³/mol. The minimum Gasteiger partial charge on any atom is -0.490 e. The van der Waals surface area contributed by atoms with Crippen LogP contribution in [0.4, 0.5) is 5.13 Å². The van der Waals surface area contributed by atoms with Crippen molar-refractivity contribution < 1.29 is 19.1 Å². The Kier molecular flexibility index (Phi) is 8.17. The maximum atomic E-state index is 12.4. The Bertz CT molecular complexity index is 1120. The summed E-state index contributed by atoms with van der Waals surface area (Å²) in [5, 5.41) is 14.1. The number of carbonyl (C=O) groups excluding carboxylic acids is 2. The largest absolute Gasteiger partial charge is 0.490 e. The molecule has 2 heterocycles. The van der Waals surface area contributed by atoms with Gasteiger partial charge in [0.25, 0.3) is 0 Å². The fourth-order valence-corrected chi connectivity index (χ4v) is 5.10. The maximum absolute atomic E-state index is 12.4. The number of nitrogens with zero attached hydrogens (tertiary/aromatic N) is 4. The molecule has 0 aliphatic heterocycles. The van der Waals surface area contributed by atoms with Crippen molar-refractivity contribution in [3.8, 4) is 17.1 Å². The van der Waals surface area contributed by atoms with E-state index in [9.17, 15) is 9.59 Å². The molecule has 180 valence electrons. The van der Waals surface area contributed by atoms with Crippen LogP contribution < -0.4 is 10.1 Å². The van der Waals surface area contributed by atoms with Crippen LogP contribution in [0.1, 0.15) is 38.3 Å². The van der Waals surface area contributed by atoms with Gasteiger partial charge in [-0.25, -0.2) is 4.98 Å². The van der Waals surface area contributed by atoms with Crippen LogP contribution in [0.5, 0.6) is 5.75 Å². The summed E-state index contributed by atoms with van der Waals surface area (Å²) in [5.41, 5.74) is 1.51. The van der Waals surface area contributed by atoms with Crippen LogP contribution in [0, 0.1) is 0 Å². The molecule has 1 amide bonds. The van der Waals surface area contributed by atoms with E-state index >= 15 is 0 Å². The van der Waals surface area contributed by atoms with Crippen LogP contribution in [0.15, 0.2) is 34.8 Å². The molecule has 0 saturated heterocycles. The number of ether oxygens (including phenoxy) is 2. The summed E-state index contributed by atoms with van der Waals surface area (Å²) in [5.74, 6) is 1.21. The summed E-state index contributed by atoms with van der Waals surface area (Å²) in [6, 6.07) is 7.89. The topological polar surface area (TPSA) is 108 Å². The molecule has 1 aliphatic rings. The highest BCUT2D eigenvalue weighted by molar-refractivity contribution is 7.99. The van der Waals surface area contributed by atoms with E-state index in [2.05, 4.69) is 20.5 Å². The zero-order valence-corrected chi connectivity index (χ0v) is 20.8. The van der Waals surface area contributed by atoms with Crippen LogP contribution in [0.3, 0.4) is 0 Å². The highest BCUT2D eigenvalue weighted by Gasteiger charge is 2.17. The van der Waals surface area contributed by atoms with Crippen LogP contribution >= 0.6 is 23.1 Å². The summed E-state index contributed by atoms with van der Waals surface area (Å²) in [4.78, 5) is 28.2. The monoisotopic (exact) mass is 501 g/mol. The molecule has 1 aromatic carbocycles. The maximum Gasteiger partial charge on any atom is 0.311 e. The molecule has 0 spiro atoms. The van der Waals surface area contributed by atoms with Crippen LogP contribution in [-0.2, 0) is 27.8 Å². The predicted octanol–water partition coefficient (Wildman–Crippen LogP) is 4.10. The van der Waals surface area contributed by atoms with Gasteiger partial charge in [0.2, 0.25) is 5.91 Å². The van der Waals surface area contributed by atoms with Crippen molar-refractivity contribution in [2.24, 2.45) is 7.05 Å². The Hall–Kier alpha value is -2.92. The molecule has 0 radical (unpaired) electrons. The average molecular weight is 502 g/mol. The first-order valence-corrected chi connectivity index (χ1v) is 13.1. The van der Waals surface area contributed by atoms with Gasteiger partial charge in [-0.3, -0.25) is 9.59 Å². The molecular formula is C23H27N5O4S2. The number of thioether (sulfide) groups is 1. The lowest BCUT2D eigenvalue weighted by Gasteiger charge is -2.13. The normalized spacial score (nSPS) is 13.7. The molecule has 0 atom stereocenters. The molecule has 3 aromatic rings. The summed E-state index contributed by atoms with van der Waals surface area (Å²) in [6.45, 7) is 2.08. The van der Waals surface area contributed by atoms with E-state index in [1.807, 2.05) is 35.9 Å². The number of nitrogens with one attached hydrogen (secondary N) is 1. The third-order valence-corrected chi connectivity index (χ3v) is 7.14. The lowest BCUT2D eigenvalue weighted by Crippen LogP contribution is -2.14. The van der Waals surface area contributed by atoms with Crippen molar-refractivity contribution in [3.05, 3.63) is 35.3 Å². The number of rotatable bonds is 10. The van der Waals surface area contributed by atoms with Gasteiger partial charge < -0.3 is 19.4 Å². The van der Waals surface area contributed by atoms with Crippen LogP contribution in [-0.4, -0.2) is 50.1 Å². The molecule has 2 aromatic heterocycles. The average Bonchev–Trinajstić information content (AvgIpc) is 3.56. The number of hydrogen-bond donors (Lipinski definition) is 1. The first-order valence-electron chi connectivity index (χ1n) is 11.2. The number of thiazole rings is 1. The lowest BCUT2D eigenvalue weighted by atomic mass is 10.2. The van der Waals surface area contributed by atoms with E-state index in [1.54, 1.807) is 12.3 Å². The molecule has 1 N–H and O–H groups in total. The summed E-state index contributed by atoms with van der Waals surface area (Å²) in [7, 11) is 1.88. The minimum absolute atomic E-state index is 0.0877. The summed E-state index contributed by atoms with van der Waals surface area (Å²) < 4.78 is 12.8. The molecule has 0 bridgehead atoms. The highest BCUT2D eigenvalue weighted by Crippen LogP contribution is 2.27. The molecule has 9 nitrogen and oxygen atoms in total. The fourth-order valence-electron chi connectivity index (χ4n) is 3.66. The Labute approximate surface area is 206 Å². The number of benzene rings is 1. The van der Waals surface area contributed by atoms with E-state index < -0.39 is 0 Å². The third kappa shape index (κ3) is 6.35. The van der Waals surface area contributed by atoms with Gasteiger partial charge in [-0.2, -0.15) is 0 Å². The number of hydrogen-bond acceptors (Lipinski definition) is 9. The van der Waals surface area contributed by atoms with Gasteiger partial charge in [-0.1, -0.05) is 11.8 Å². The molecule has 1 saturated carbocycles. The molecule has 34 heavy (non-hydrogen) atoms. The Balaban J connectivity index is 1.29. The van der Waals surface area contributed by atoms with Gasteiger partial charge in [0.05, 0.1) is 30.6 Å². The lowest BCUT2D eigenvalue weighted by molar-refractivity contribution is -0.142. The van der Waals surface area contributed by atoms with Gasteiger partial charge in [-0.15, -0.1) is 21.5 Å². The van der Waals surface area contributed by atoms with Crippen molar-refractivity contribution >= 4 is 40.1 Å². The fraction of sp³-hybridized carbons (Fsp3) is 0.435.